The quantitative estimate of drug-likeness (QED) is 0.595. The zero-order chi connectivity index (χ0) is 14.2. The third kappa shape index (κ3) is 9.60. The zero-order valence-electron chi connectivity index (χ0n) is 11.8. The Bertz CT molecular complexity index is 365. The minimum atomic E-state index is -1.19. The standard InChI is InChI=1S/C11H18N.C4H6O2/c1-12(2,3)10-9-11-7-5-4-6-8-11;1-3(2)4(5)6/h4-8H,9-10H2,1-3H3;1H2,2H3,(H,5,6)/q+1;/p-1. The normalized spacial score (nSPS) is 10.2. The van der Waals surface area contributed by atoms with Crippen molar-refractivity contribution in [2.75, 3.05) is 27.7 Å². The van der Waals surface area contributed by atoms with Crippen molar-refractivity contribution in [3.63, 3.8) is 0 Å². The van der Waals surface area contributed by atoms with E-state index >= 15 is 0 Å². The maximum atomic E-state index is 9.49. The highest BCUT2D eigenvalue weighted by Crippen LogP contribution is 2.02. The van der Waals surface area contributed by atoms with Crippen LogP contribution in [0.25, 0.3) is 0 Å². The first-order chi connectivity index (χ1) is 8.22. The van der Waals surface area contributed by atoms with E-state index in [2.05, 4.69) is 58.1 Å². The summed E-state index contributed by atoms with van der Waals surface area (Å²) in [4.78, 5) is 9.49. The van der Waals surface area contributed by atoms with Gasteiger partial charge in [-0.3, -0.25) is 0 Å². The van der Waals surface area contributed by atoms with E-state index in [1.165, 1.54) is 25.5 Å². The van der Waals surface area contributed by atoms with Gasteiger partial charge in [0.05, 0.1) is 33.7 Å². The molecule has 0 aromatic heterocycles. The number of nitrogens with zero attached hydrogens (tertiary/aromatic N) is 1. The summed E-state index contributed by atoms with van der Waals surface area (Å²) in [6.45, 7) is 5.68. The number of carboxylic acid groups (broad SMARTS) is 1. The second kappa shape index (κ2) is 7.67. The molecular formula is C15H23NO2. The van der Waals surface area contributed by atoms with Gasteiger partial charge in [0.1, 0.15) is 0 Å². The number of carboxylic acids is 1. The first-order valence-corrected chi connectivity index (χ1v) is 5.93. The maximum absolute atomic E-state index is 9.49. The molecule has 0 radical (unpaired) electrons. The van der Waals surface area contributed by atoms with E-state index in [4.69, 9.17) is 0 Å². The number of quaternary nitrogens is 1. The van der Waals surface area contributed by atoms with Gasteiger partial charge in [-0.25, -0.2) is 0 Å². The lowest BCUT2D eigenvalue weighted by Gasteiger charge is -2.23. The van der Waals surface area contributed by atoms with Crippen LogP contribution >= 0.6 is 0 Å². The van der Waals surface area contributed by atoms with E-state index in [0.717, 1.165) is 4.48 Å². The molecule has 3 nitrogen and oxygen atoms in total. The van der Waals surface area contributed by atoms with Gasteiger partial charge < -0.3 is 14.4 Å². The van der Waals surface area contributed by atoms with Crippen LogP contribution in [0.2, 0.25) is 0 Å². The van der Waals surface area contributed by atoms with E-state index in [1.54, 1.807) is 0 Å². The number of likely N-dealkylation sites (N-methyl/N-ethyl adjacent to an activating group) is 1. The van der Waals surface area contributed by atoms with E-state index in [0.29, 0.717) is 0 Å². The van der Waals surface area contributed by atoms with Crippen molar-refractivity contribution in [3.8, 4) is 0 Å². The first-order valence-electron chi connectivity index (χ1n) is 5.93. The molecule has 0 N–H and O–H groups in total. The summed E-state index contributed by atoms with van der Waals surface area (Å²) in [6.07, 6.45) is 1.17. The fourth-order valence-corrected chi connectivity index (χ4v) is 1.11. The average Bonchev–Trinajstić information content (AvgIpc) is 2.27. The summed E-state index contributed by atoms with van der Waals surface area (Å²) in [6, 6.07) is 10.6. The van der Waals surface area contributed by atoms with Crippen LogP contribution in [0.4, 0.5) is 0 Å². The molecule has 0 saturated heterocycles. The molecule has 0 aliphatic carbocycles. The van der Waals surface area contributed by atoms with Gasteiger partial charge in [0, 0.05) is 6.42 Å². The van der Waals surface area contributed by atoms with Crippen LogP contribution in [0.5, 0.6) is 0 Å². The number of benzene rings is 1. The highest BCUT2D eigenvalue weighted by atomic mass is 16.4. The zero-order valence-corrected chi connectivity index (χ0v) is 11.8. The molecule has 0 unspecified atom stereocenters. The van der Waals surface area contributed by atoms with Crippen molar-refractivity contribution in [1.29, 1.82) is 0 Å². The Morgan fingerprint density at radius 2 is 1.67 bits per heavy atom. The van der Waals surface area contributed by atoms with Gasteiger partial charge >= 0.3 is 0 Å². The van der Waals surface area contributed by atoms with E-state index in [1.807, 2.05) is 0 Å². The van der Waals surface area contributed by atoms with Crippen LogP contribution in [-0.4, -0.2) is 38.1 Å². The monoisotopic (exact) mass is 249 g/mol. The van der Waals surface area contributed by atoms with Crippen LogP contribution < -0.4 is 5.11 Å². The van der Waals surface area contributed by atoms with Crippen molar-refractivity contribution in [2.45, 2.75) is 13.3 Å². The second-order valence-electron chi connectivity index (χ2n) is 5.32. The first kappa shape index (κ1) is 16.4. The van der Waals surface area contributed by atoms with Crippen molar-refractivity contribution < 1.29 is 14.4 Å². The largest absolute Gasteiger partial charge is 0.545 e. The third-order valence-electron chi connectivity index (χ3n) is 2.26. The van der Waals surface area contributed by atoms with Gasteiger partial charge in [-0.1, -0.05) is 36.9 Å². The minimum Gasteiger partial charge on any atom is -0.545 e. The number of aliphatic carboxylic acids is 1. The van der Waals surface area contributed by atoms with Gasteiger partial charge in [0.2, 0.25) is 0 Å². The molecule has 0 heterocycles. The molecule has 1 aromatic rings. The summed E-state index contributed by atoms with van der Waals surface area (Å²) in [5.41, 5.74) is 1.50. The average molecular weight is 249 g/mol. The van der Waals surface area contributed by atoms with Crippen LogP contribution in [0, 0.1) is 0 Å². The molecule has 1 aromatic carbocycles. The van der Waals surface area contributed by atoms with E-state index in [-0.39, 0.29) is 5.57 Å². The molecule has 0 saturated carbocycles. The summed E-state index contributed by atoms with van der Waals surface area (Å²) in [5, 5.41) is 9.49. The van der Waals surface area contributed by atoms with Gasteiger partial charge in [0.15, 0.2) is 0 Å². The predicted octanol–water partition coefficient (Wildman–Crippen LogP) is 1.25. The molecule has 100 valence electrons. The molecule has 0 spiro atoms. The Kier molecular flexibility index (Phi) is 6.98. The summed E-state index contributed by atoms with van der Waals surface area (Å²) in [7, 11) is 6.68. The summed E-state index contributed by atoms with van der Waals surface area (Å²) in [5.74, 6) is -1.19. The molecule has 18 heavy (non-hydrogen) atoms. The van der Waals surface area contributed by atoms with Crippen LogP contribution in [-0.2, 0) is 11.2 Å². The van der Waals surface area contributed by atoms with E-state index < -0.39 is 5.97 Å². The maximum Gasteiger partial charge on any atom is 0.0821 e. The number of carbonyl (C=O) groups is 1. The summed E-state index contributed by atoms with van der Waals surface area (Å²) < 4.78 is 1.04. The fourth-order valence-electron chi connectivity index (χ4n) is 1.11. The Hall–Kier alpha value is -1.61. The molecule has 0 bridgehead atoms. The molecule has 0 atom stereocenters. The van der Waals surface area contributed by atoms with Crippen molar-refractivity contribution in [2.24, 2.45) is 0 Å². The molecule has 0 aliphatic heterocycles. The van der Waals surface area contributed by atoms with Crippen LogP contribution in [0.15, 0.2) is 42.5 Å². The van der Waals surface area contributed by atoms with Crippen LogP contribution in [0.1, 0.15) is 12.5 Å². The Labute approximate surface area is 110 Å². The summed E-state index contributed by atoms with van der Waals surface area (Å²) >= 11 is 0. The molecule has 0 aliphatic rings. The van der Waals surface area contributed by atoms with E-state index in [9.17, 15) is 9.90 Å². The fraction of sp³-hybridized carbons (Fsp3) is 0.400. The lowest BCUT2D eigenvalue weighted by molar-refractivity contribution is -0.870. The second-order valence-corrected chi connectivity index (χ2v) is 5.32. The van der Waals surface area contributed by atoms with Crippen molar-refractivity contribution in [1.82, 2.24) is 0 Å². The van der Waals surface area contributed by atoms with Crippen LogP contribution in [0.3, 0.4) is 0 Å². The van der Waals surface area contributed by atoms with Gasteiger partial charge in [-0.2, -0.15) is 0 Å². The van der Waals surface area contributed by atoms with Crippen molar-refractivity contribution in [3.05, 3.63) is 48.0 Å². The third-order valence-corrected chi connectivity index (χ3v) is 2.26. The lowest BCUT2D eigenvalue weighted by Crippen LogP contribution is -2.36. The SMILES string of the molecule is C=C(C)C(=O)[O-].C[N+](C)(C)CCc1ccccc1. The molecule has 1 rings (SSSR count). The molecule has 0 amide bonds. The Morgan fingerprint density at radius 1 is 1.22 bits per heavy atom. The van der Waals surface area contributed by atoms with Gasteiger partial charge in [-0.05, 0) is 18.1 Å². The smallest absolute Gasteiger partial charge is 0.0821 e. The molecular weight excluding hydrogens is 226 g/mol. The topological polar surface area (TPSA) is 40.1 Å². The molecule has 0 fully saturated rings. The number of hydrogen-bond acceptors (Lipinski definition) is 2. The lowest BCUT2D eigenvalue weighted by atomic mass is 10.1. The Balaban J connectivity index is 0.000000411. The minimum absolute atomic E-state index is 0.0648. The Morgan fingerprint density at radius 3 is 2.00 bits per heavy atom. The number of carbonyl (C=O) groups excluding carboxylic acids is 1. The predicted molar refractivity (Wildman–Crippen MR) is 72.9 cm³/mol. The van der Waals surface area contributed by atoms with Gasteiger partial charge in [-0.15, -0.1) is 0 Å². The number of hydrogen-bond donors (Lipinski definition) is 0. The van der Waals surface area contributed by atoms with Crippen molar-refractivity contribution >= 4 is 5.97 Å². The number of rotatable bonds is 4. The highest BCUT2D eigenvalue weighted by Gasteiger charge is 2.05. The van der Waals surface area contributed by atoms with Gasteiger partial charge in [0.25, 0.3) is 0 Å². The highest BCUT2D eigenvalue weighted by molar-refractivity contribution is 5.82. The molecule has 3 heteroatoms.